The van der Waals surface area contributed by atoms with Crippen molar-refractivity contribution in [1.82, 2.24) is 0 Å². The number of benzene rings is 1. The Balaban J connectivity index is 2.02. The number of ether oxygens (including phenoxy) is 1. The highest BCUT2D eigenvalue weighted by molar-refractivity contribution is 14.1. The fraction of sp³-hybridized carbons (Fsp3) is 0.647. The predicted molar refractivity (Wildman–Crippen MR) is 89.7 cm³/mol. The Bertz CT molecular complexity index is 388. The van der Waals surface area contributed by atoms with E-state index in [0.717, 1.165) is 10.3 Å². The highest BCUT2D eigenvalue weighted by atomic mass is 127. The number of hydrogen-bond acceptors (Lipinski definition) is 1. The van der Waals surface area contributed by atoms with Crippen LogP contribution in [0.15, 0.2) is 30.3 Å². The van der Waals surface area contributed by atoms with Crippen molar-refractivity contribution in [1.29, 1.82) is 0 Å². The van der Waals surface area contributed by atoms with E-state index in [1.807, 2.05) is 0 Å². The van der Waals surface area contributed by atoms with Gasteiger partial charge in [0.25, 0.3) is 0 Å². The number of halogens is 1. The first kappa shape index (κ1) is 15.3. The number of rotatable bonds is 4. The average Bonchev–Trinajstić information content (AvgIpc) is 2.34. The molecule has 0 N–H and O–H groups in total. The zero-order chi connectivity index (χ0) is 13.9. The lowest BCUT2D eigenvalue weighted by Gasteiger charge is -2.40. The number of alkyl halides is 1. The van der Waals surface area contributed by atoms with Gasteiger partial charge in [-0.25, -0.2) is 0 Å². The van der Waals surface area contributed by atoms with E-state index in [1.54, 1.807) is 0 Å². The quantitative estimate of drug-likeness (QED) is 0.508. The fourth-order valence-electron chi connectivity index (χ4n) is 3.47. The second kappa shape index (κ2) is 6.57. The molecule has 0 radical (unpaired) electrons. The Hall–Kier alpha value is -0.0900. The molecule has 0 aliphatic heterocycles. The standard InChI is InChI=1S/C17H25IO/c1-13-9-15(11-17(2,3)10-13)19-16(12-18)14-7-5-4-6-8-14/h4-8,13,15-16H,9-12H2,1-3H3. The number of hydrogen-bond donors (Lipinski definition) is 0. The minimum Gasteiger partial charge on any atom is -0.369 e. The van der Waals surface area contributed by atoms with Crippen molar-refractivity contribution in [2.24, 2.45) is 11.3 Å². The van der Waals surface area contributed by atoms with Gasteiger partial charge in [0.15, 0.2) is 0 Å². The van der Waals surface area contributed by atoms with Gasteiger partial charge in [0, 0.05) is 4.43 Å². The Morgan fingerprint density at radius 3 is 2.53 bits per heavy atom. The highest BCUT2D eigenvalue weighted by Gasteiger charge is 2.33. The molecule has 1 fully saturated rings. The van der Waals surface area contributed by atoms with Crippen LogP contribution in [0.4, 0.5) is 0 Å². The van der Waals surface area contributed by atoms with Crippen LogP contribution in [0.3, 0.4) is 0 Å². The summed E-state index contributed by atoms with van der Waals surface area (Å²) in [5, 5.41) is 0. The van der Waals surface area contributed by atoms with Gasteiger partial charge in [0.2, 0.25) is 0 Å². The zero-order valence-electron chi connectivity index (χ0n) is 12.2. The van der Waals surface area contributed by atoms with Crippen LogP contribution < -0.4 is 0 Å². The predicted octanol–water partition coefficient (Wildman–Crippen LogP) is 5.39. The van der Waals surface area contributed by atoms with Gasteiger partial charge < -0.3 is 4.74 Å². The summed E-state index contributed by atoms with van der Waals surface area (Å²) in [5.41, 5.74) is 1.74. The molecule has 0 saturated heterocycles. The van der Waals surface area contributed by atoms with Gasteiger partial charge >= 0.3 is 0 Å². The van der Waals surface area contributed by atoms with E-state index < -0.39 is 0 Å². The maximum absolute atomic E-state index is 6.43. The van der Waals surface area contributed by atoms with E-state index >= 15 is 0 Å². The monoisotopic (exact) mass is 372 g/mol. The van der Waals surface area contributed by atoms with E-state index in [9.17, 15) is 0 Å². The Morgan fingerprint density at radius 1 is 1.26 bits per heavy atom. The van der Waals surface area contributed by atoms with E-state index in [4.69, 9.17) is 4.74 Å². The summed E-state index contributed by atoms with van der Waals surface area (Å²) < 4.78 is 7.45. The summed E-state index contributed by atoms with van der Waals surface area (Å²) in [7, 11) is 0. The molecule has 1 nitrogen and oxygen atoms in total. The van der Waals surface area contributed by atoms with Gasteiger partial charge in [-0.1, -0.05) is 73.7 Å². The van der Waals surface area contributed by atoms with Crippen LogP contribution >= 0.6 is 22.6 Å². The fourth-order valence-corrected chi connectivity index (χ4v) is 4.18. The van der Waals surface area contributed by atoms with Crippen molar-refractivity contribution in [2.45, 2.75) is 52.2 Å². The van der Waals surface area contributed by atoms with Gasteiger partial charge in [-0.2, -0.15) is 0 Å². The summed E-state index contributed by atoms with van der Waals surface area (Å²) >= 11 is 2.44. The molecule has 1 aliphatic rings. The van der Waals surface area contributed by atoms with Crippen LogP contribution in [0.25, 0.3) is 0 Å². The van der Waals surface area contributed by atoms with Crippen LogP contribution in [-0.2, 0) is 4.74 Å². The van der Waals surface area contributed by atoms with Gasteiger partial charge in [-0.3, -0.25) is 0 Å². The Kier molecular flexibility index (Phi) is 5.29. The van der Waals surface area contributed by atoms with Crippen molar-refractivity contribution in [3.05, 3.63) is 35.9 Å². The largest absolute Gasteiger partial charge is 0.369 e. The van der Waals surface area contributed by atoms with Crippen molar-refractivity contribution >= 4 is 22.6 Å². The minimum atomic E-state index is 0.243. The molecule has 3 unspecified atom stereocenters. The third-order valence-corrected chi connectivity index (χ3v) is 4.81. The highest BCUT2D eigenvalue weighted by Crippen LogP contribution is 2.41. The molecule has 19 heavy (non-hydrogen) atoms. The van der Waals surface area contributed by atoms with E-state index in [1.165, 1.54) is 24.8 Å². The topological polar surface area (TPSA) is 9.23 Å². The molecule has 2 heteroatoms. The van der Waals surface area contributed by atoms with Crippen molar-refractivity contribution in [2.75, 3.05) is 4.43 Å². The first-order chi connectivity index (χ1) is 9.00. The lowest BCUT2D eigenvalue weighted by molar-refractivity contribution is -0.0573. The molecular weight excluding hydrogens is 347 g/mol. The van der Waals surface area contributed by atoms with Gasteiger partial charge in [-0.15, -0.1) is 0 Å². The maximum Gasteiger partial charge on any atom is 0.0918 e. The Morgan fingerprint density at radius 2 is 1.95 bits per heavy atom. The average molecular weight is 372 g/mol. The van der Waals surface area contributed by atoms with Crippen molar-refractivity contribution < 1.29 is 4.74 Å². The molecule has 0 amide bonds. The molecule has 0 heterocycles. The summed E-state index contributed by atoms with van der Waals surface area (Å²) in [5.74, 6) is 0.777. The molecule has 3 atom stereocenters. The van der Waals surface area contributed by atoms with Gasteiger partial charge in [0.1, 0.15) is 0 Å². The summed E-state index contributed by atoms with van der Waals surface area (Å²) in [4.78, 5) is 0. The third-order valence-electron chi connectivity index (χ3n) is 4.01. The zero-order valence-corrected chi connectivity index (χ0v) is 14.4. The molecule has 2 rings (SSSR count). The van der Waals surface area contributed by atoms with Crippen molar-refractivity contribution in [3.8, 4) is 0 Å². The maximum atomic E-state index is 6.43. The van der Waals surface area contributed by atoms with Crippen molar-refractivity contribution in [3.63, 3.8) is 0 Å². The molecule has 1 aliphatic carbocycles. The Labute approximate surface area is 131 Å². The lowest BCUT2D eigenvalue weighted by atomic mass is 9.71. The third kappa shape index (κ3) is 4.45. The van der Waals surface area contributed by atoms with Crippen LogP contribution in [0.5, 0.6) is 0 Å². The normalized spacial score (nSPS) is 28.0. The second-order valence-corrected chi connectivity index (χ2v) is 7.61. The first-order valence-corrected chi connectivity index (χ1v) is 8.79. The van der Waals surface area contributed by atoms with Crippen LogP contribution in [0.2, 0.25) is 0 Å². The molecule has 0 spiro atoms. The van der Waals surface area contributed by atoms with E-state index in [2.05, 4.69) is 73.7 Å². The van der Waals surface area contributed by atoms with Crippen LogP contribution in [-0.4, -0.2) is 10.5 Å². The van der Waals surface area contributed by atoms with E-state index in [-0.39, 0.29) is 6.10 Å². The van der Waals surface area contributed by atoms with E-state index in [0.29, 0.717) is 11.5 Å². The molecule has 1 aromatic carbocycles. The lowest BCUT2D eigenvalue weighted by Crippen LogP contribution is -2.33. The SMILES string of the molecule is CC1CC(OC(CI)c2ccccc2)CC(C)(C)C1. The molecule has 0 bridgehead atoms. The summed E-state index contributed by atoms with van der Waals surface area (Å²) in [6, 6.07) is 10.6. The van der Waals surface area contributed by atoms with Crippen LogP contribution in [0.1, 0.15) is 51.7 Å². The first-order valence-electron chi connectivity index (χ1n) is 7.26. The molecule has 0 aromatic heterocycles. The van der Waals surface area contributed by atoms with Crippen LogP contribution in [0, 0.1) is 11.3 Å². The summed E-state index contributed by atoms with van der Waals surface area (Å²) in [6.07, 6.45) is 4.39. The van der Waals surface area contributed by atoms with Gasteiger partial charge in [-0.05, 0) is 36.2 Å². The smallest absolute Gasteiger partial charge is 0.0918 e. The summed E-state index contributed by atoms with van der Waals surface area (Å²) in [6.45, 7) is 7.11. The molecule has 1 aromatic rings. The minimum absolute atomic E-state index is 0.243. The molecular formula is C17H25IO. The van der Waals surface area contributed by atoms with Gasteiger partial charge in [0.05, 0.1) is 12.2 Å². The second-order valence-electron chi connectivity index (χ2n) is 6.73. The molecule has 106 valence electrons. The molecule has 1 saturated carbocycles.